The summed E-state index contributed by atoms with van der Waals surface area (Å²) < 4.78 is 14.4. The summed E-state index contributed by atoms with van der Waals surface area (Å²) in [5.41, 5.74) is 0. The lowest BCUT2D eigenvalue weighted by molar-refractivity contribution is 0.404. The van der Waals surface area contributed by atoms with Crippen LogP contribution in [0, 0.1) is 0 Å². The van der Waals surface area contributed by atoms with Gasteiger partial charge in [0.05, 0.1) is 0 Å². The number of hydrogen-bond donors (Lipinski definition) is 1. The van der Waals surface area contributed by atoms with Gasteiger partial charge in [0.2, 0.25) is 0 Å². The highest BCUT2D eigenvalue weighted by Gasteiger charge is 2.13. The molecular formula is C5H5NO3P+. The van der Waals surface area contributed by atoms with Crippen LogP contribution in [0.15, 0.2) is 24.4 Å². The van der Waals surface area contributed by atoms with Crippen LogP contribution in [0.5, 0.6) is 5.88 Å². The Morgan fingerprint density at radius 3 is 2.90 bits per heavy atom. The van der Waals surface area contributed by atoms with Gasteiger partial charge in [-0.2, -0.15) is 0 Å². The molecule has 0 aliphatic carbocycles. The normalized spacial score (nSPS) is 10.7. The highest BCUT2D eigenvalue weighted by Crippen LogP contribution is 2.18. The Morgan fingerprint density at radius 1 is 1.60 bits per heavy atom. The SMILES string of the molecule is O=[P+](O)Oc1ccccn1. The number of nitrogens with zero attached hydrogens (tertiary/aromatic N) is 1. The Morgan fingerprint density at radius 2 is 2.40 bits per heavy atom. The monoisotopic (exact) mass is 158 g/mol. The van der Waals surface area contributed by atoms with Gasteiger partial charge in [0.15, 0.2) is 0 Å². The van der Waals surface area contributed by atoms with Crippen LogP contribution in [0.2, 0.25) is 0 Å². The lowest BCUT2D eigenvalue weighted by Gasteiger charge is -1.84. The first-order valence-corrected chi connectivity index (χ1v) is 3.67. The molecule has 1 rings (SSSR count). The molecule has 52 valence electrons. The van der Waals surface area contributed by atoms with E-state index in [4.69, 9.17) is 4.89 Å². The molecule has 1 N–H and O–H groups in total. The molecule has 0 radical (unpaired) electrons. The molecule has 0 aromatic carbocycles. The first-order chi connectivity index (χ1) is 4.79. The van der Waals surface area contributed by atoms with Crippen LogP contribution in [0.4, 0.5) is 0 Å². The Labute approximate surface area is 58.4 Å². The second-order valence-electron chi connectivity index (χ2n) is 1.50. The molecule has 5 heteroatoms. The molecule has 0 amide bonds. The van der Waals surface area contributed by atoms with Crippen molar-refractivity contribution < 1.29 is 14.0 Å². The van der Waals surface area contributed by atoms with Crippen LogP contribution in [-0.4, -0.2) is 9.88 Å². The van der Waals surface area contributed by atoms with E-state index in [0.717, 1.165) is 0 Å². The minimum atomic E-state index is -2.59. The molecule has 1 aromatic heterocycles. The Kier molecular flexibility index (Phi) is 2.31. The van der Waals surface area contributed by atoms with E-state index >= 15 is 0 Å². The largest absolute Gasteiger partial charge is 0.749 e. The van der Waals surface area contributed by atoms with Gasteiger partial charge in [-0.05, 0) is 6.07 Å². The van der Waals surface area contributed by atoms with Crippen molar-refractivity contribution in [2.24, 2.45) is 0 Å². The second-order valence-corrected chi connectivity index (χ2v) is 2.16. The van der Waals surface area contributed by atoms with Gasteiger partial charge in [0, 0.05) is 16.8 Å². The van der Waals surface area contributed by atoms with Gasteiger partial charge >= 0.3 is 8.25 Å². The number of aromatic nitrogens is 1. The summed E-state index contributed by atoms with van der Waals surface area (Å²) in [6.45, 7) is 0. The number of hydrogen-bond acceptors (Lipinski definition) is 3. The summed E-state index contributed by atoms with van der Waals surface area (Å²) in [6.07, 6.45) is 1.48. The van der Waals surface area contributed by atoms with E-state index in [1.54, 1.807) is 12.1 Å². The summed E-state index contributed by atoms with van der Waals surface area (Å²) in [6, 6.07) is 4.86. The Bertz CT molecular complexity index is 226. The first kappa shape index (κ1) is 7.12. The van der Waals surface area contributed by atoms with Gasteiger partial charge < -0.3 is 0 Å². The maximum Gasteiger partial charge on any atom is 0.749 e. The fraction of sp³-hybridized carbons (Fsp3) is 0. The number of pyridine rings is 1. The topological polar surface area (TPSA) is 59.4 Å². The average molecular weight is 158 g/mol. The van der Waals surface area contributed by atoms with Crippen molar-refractivity contribution in [2.75, 3.05) is 0 Å². The molecule has 0 saturated heterocycles. The van der Waals surface area contributed by atoms with Crippen LogP contribution in [0.1, 0.15) is 0 Å². The van der Waals surface area contributed by atoms with E-state index in [-0.39, 0.29) is 5.88 Å². The van der Waals surface area contributed by atoms with Crippen LogP contribution in [0.3, 0.4) is 0 Å². The Balaban J connectivity index is 2.67. The third-order valence-corrected chi connectivity index (χ3v) is 1.15. The van der Waals surface area contributed by atoms with Crippen LogP contribution in [-0.2, 0) is 4.57 Å². The molecule has 4 nitrogen and oxygen atoms in total. The molecule has 0 spiro atoms. The standard InChI is InChI=1S/C5H4NO3P/c7-10(8)9-5-3-1-2-4-6-5/h1-4H/p+1. The van der Waals surface area contributed by atoms with E-state index in [1.165, 1.54) is 12.3 Å². The summed E-state index contributed by atoms with van der Waals surface area (Å²) in [5.74, 6) is 0.158. The quantitative estimate of drug-likeness (QED) is 0.655. The van der Waals surface area contributed by atoms with E-state index in [2.05, 4.69) is 9.51 Å². The summed E-state index contributed by atoms with van der Waals surface area (Å²) in [7, 11) is -2.59. The van der Waals surface area contributed by atoms with E-state index < -0.39 is 8.25 Å². The molecule has 0 saturated carbocycles. The predicted molar refractivity (Wildman–Crippen MR) is 34.7 cm³/mol. The molecule has 1 aromatic rings. The van der Waals surface area contributed by atoms with Crippen molar-refractivity contribution in [2.45, 2.75) is 0 Å². The third kappa shape index (κ3) is 2.09. The van der Waals surface area contributed by atoms with Gasteiger partial charge in [0.1, 0.15) is 0 Å². The molecule has 1 atom stereocenters. The highest BCUT2D eigenvalue weighted by molar-refractivity contribution is 7.32. The fourth-order valence-corrected chi connectivity index (χ4v) is 0.749. The van der Waals surface area contributed by atoms with Crippen LogP contribution in [0.25, 0.3) is 0 Å². The zero-order chi connectivity index (χ0) is 7.40. The minimum absolute atomic E-state index is 0.158. The molecule has 0 aliphatic rings. The minimum Gasteiger partial charge on any atom is -0.217 e. The lowest BCUT2D eigenvalue weighted by Crippen LogP contribution is -1.81. The third-order valence-electron chi connectivity index (χ3n) is 0.809. The average Bonchev–Trinajstić information content (AvgIpc) is 1.88. The zero-order valence-electron chi connectivity index (χ0n) is 4.97. The molecule has 1 heterocycles. The molecule has 0 aliphatic heterocycles. The molecule has 0 bridgehead atoms. The van der Waals surface area contributed by atoms with Gasteiger partial charge in [0.25, 0.3) is 5.88 Å². The van der Waals surface area contributed by atoms with Gasteiger partial charge in [-0.25, -0.2) is 9.51 Å². The number of rotatable bonds is 2. The van der Waals surface area contributed by atoms with Crippen molar-refractivity contribution >= 4 is 8.25 Å². The van der Waals surface area contributed by atoms with E-state index in [0.29, 0.717) is 0 Å². The molecule has 1 unspecified atom stereocenters. The summed E-state index contributed by atoms with van der Waals surface area (Å²) in [5, 5.41) is 0. The van der Waals surface area contributed by atoms with Crippen molar-refractivity contribution in [1.82, 2.24) is 4.98 Å². The molecule has 10 heavy (non-hydrogen) atoms. The van der Waals surface area contributed by atoms with E-state index in [1.807, 2.05) is 0 Å². The fourth-order valence-electron chi connectivity index (χ4n) is 0.481. The van der Waals surface area contributed by atoms with E-state index in [9.17, 15) is 4.57 Å². The molecule has 0 fully saturated rings. The van der Waals surface area contributed by atoms with Crippen molar-refractivity contribution in [3.8, 4) is 5.88 Å². The van der Waals surface area contributed by atoms with Crippen molar-refractivity contribution in [1.29, 1.82) is 0 Å². The van der Waals surface area contributed by atoms with Gasteiger partial charge in [-0.3, -0.25) is 0 Å². The second kappa shape index (κ2) is 3.25. The first-order valence-electron chi connectivity index (χ1n) is 2.54. The van der Waals surface area contributed by atoms with Gasteiger partial charge in [-0.15, -0.1) is 4.89 Å². The van der Waals surface area contributed by atoms with Crippen LogP contribution < -0.4 is 4.52 Å². The lowest BCUT2D eigenvalue weighted by atomic mass is 10.5. The Hall–Kier alpha value is -0.990. The highest BCUT2D eigenvalue weighted by atomic mass is 31.1. The zero-order valence-corrected chi connectivity index (χ0v) is 5.86. The predicted octanol–water partition coefficient (Wildman–Crippen LogP) is 1.11. The van der Waals surface area contributed by atoms with Gasteiger partial charge in [-0.1, -0.05) is 6.07 Å². The smallest absolute Gasteiger partial charge is 0.217 e. The maximum absolute atomic E-state index is 10.1. The van der Waals surface area contributed by atoms with Crippen molar-refractivity contribution in [3.05, 3.63) is 24.4 Å². The molecular weight excluding hydrogens is 153 g/mol. The summed E-state index contributed by atoms with van der Waals surface area (Å²) >= 11 is 0. The van der Waals surface area contributed by atoms with Crippen LogP contribution >= 0.6 is 8.25 Å². The maximum atomic E-state index is 10.1. The van der Waals surface area contributed by atoms with Crippen molar-refractivity contribution in [3.63, 3.8) is 0 Å². The summed E-state index contributed by atoms with van der Waals surface area (Å²) in [4.78, 5) is 11.9.